The van der Waals surface area contributed by atoms with E-state index in [0.717, 1.165) is 23.9 Å². The van der Waals surface area contributed by atoms with Crippen molar-refractivity contribution in [1.82, 2.24) is 0 Å². The van der Waals surface area contributed by atoms with Gasteiger partial charge in [0.05, 0.1) is 18.6 Å². The second-order valence-electron chi connectivity index (χ2n) is 5.08. The summed E-state index contributed by atoms with van der Waals surface area (Å²) < 4.78 is 46.1. The molecule has 0 saturated carbocycles. The van der Waals surface area contributed by atoms with Crippen molar-refractivity contribution in [3.8, 4) is 5.75 Å². The van der Waals surface area contributed by atoms with Crippen LogP contribution in [0.2, 0.25) is 0 Å². The quantitative estimate of drug-likeness (QED) is 0.821. The number of fused-ring (bicyclic) bond motifs is 1. The molecule has 0 saturated heterocycles. The zero-order valence-electron chi connectivity index (χ0n) is 13.0. The number of sulfonamides is 1. The van der Waals surface area contributed by atoms with Crippen molar-refractivity contribution < 1.29 is 22.3 Å². The van der Waals surface area contributed by atoms with E-state index >= 15 is 0 Å². The molecule has 0 aliphatic carbocycles. The Morgan fingerprint density at radius 3 is 2.64 bits per heavy atom. The highest BCUT2D eigenvalue weighted by Gasteiger charge is 2.26. The molecule has 0 amide bonds. The number of ketones is 1. The van der Waals surface area contributed by atoms with Crippen LogP contribution >= 0.6 is 11.8 Å². The molecule has 2 aromatic carbocycles. The minimum absolute atomic E-state index is 0.00418. The van der Waals surface area contributed by atoms with Crippen LogP contribution < -0.4 is 10.1 Å². The Bertz CT molecular complexity index is 957. The molecule has 1 aliphatic heterocycles. The number of Topliss-reactive ketones (excluding diaryl/α,β-unsaturated/α-hetero) is 1. The number of anilines is 1. The molecule has 0 fully saturated rings. The lowest BCUT2D eigenvalue weighted by Crippen LogP contribution is -2.20. The summed E-state index contributed by atoms with van der Waals surface area (Å²) in [6.45, 7) is 0. The molecule has 0 atom stereocenters. The van der Waals surface area contributed by atoms with Gasteiger partial charge >= 0.3 is 0 Å². The molecule has 130 valence electrons. The fraction of sp³-hybridized carbons (Fsp3) is 0.125. The second-order valence-corrected chi connectivity index (χ2v) is 7.61. The van der Waals surface area contributed by atoms with Gasteiger partial charge in [-0.05, 0) is 42.5 Å². The Labute approximate surface area is 148 Å². The third-order valence-electron chi connectivity index (χ3n) is 3.42. The van der Waals surface area contributed by atoms with Gasteiger partial charge in [0.2, 0.25) is 0 Å². The van der Waals surface area contributed by atoms with Crippen LogP contribution in [0.5, 0.6) is 5.75 Å². The maximum Gasteiger partial charge on any atom is 0.286 e. The first-order chi connectivity index (χ1) is 11.9. The van der Waals surface area contributed by atoms with Gasteiger partial charge in [0.15, 0.2) is 11.0 Å². The normalized spacial score (nSPS) is 14.9. The predicted molar refractivity (Wildman–Crippen MR) is 94.4 cm³/mol. The summed E-state index contributed by atoms with van der Waals surface area (Å²) in [7, 11) is -2.47. The Balaban J connectivity index is 1.72. The van der Waals surface area contributed by atoms with Crippen LogP contribution in [0, 0.1) is 5.82 Å². The average Bonchev–Trinajstić information content (AvgIpc) is 2.60. The molecule has 0 aromatic heterocycles. The first-order valence-electron chi connectivity index (χ1n) is 7.10. The zero-order valence-corrected chi connectivity index (χ0v) is 14.7. The summed E-state index contributed by atoms with van der Waals surface area (Å²) in [6.07, 6.45) is 0. The van der Waals surface area contributed by atoms with Gasteiger partial charge in [0.25, 0.3) is 10.0 Å². The summed E-state index contributed by atoms with van der Waals surface area (Å²) in [5, 5.41) is 2.87. The number of hydrogen-bond donors (Lipinski definition) is 1. The van der Waals surface area contributed by atoms with E-state index in [1.54, 1.807) is 24.3 Å². The van der Waals surface area contributed by atoms with Crippen molar-refractivity contribution in [3.63, 3.8) is 0 Å². The van der Waals surface area contributed by atoms with Crippen molar-refractivity contribution >= 4 is 38.4 Å². The smallest absolute Gasteiger partial charge is 0.286 e. The van der Waals surface area contributed by atoms with Crippen LogP contribution in [-0.4, -0.2) is 32.2 Å². The number of rotatable bonds is 4. The number of benzene rings is 2. The molecule has 1 aliphatic rings. The summed E-state index contributed by atoms with van der Waals surface area (Å²) in [4.78, 5) is 12.0. The Morgan fingerprint density at radius 2 is 1.96 bits per heavy atom. The van der Waals surface area contributed by atoms with Gasteiger partial charge < -0.3 is 10.1 Å². The number of carbonyl (C=O) groups excluding carboxylic acids is 1. The van der Waals surface area contributed by atoms with Crippen LogP contribution in [0.4, 0.5) is 10.1 Å². The lowest BCUT2D eigenvalue weighted by molar-refractivity contribution is 0.102. The molecule has 0 unspecified atom stereocenters. The third-order valence-corrected chi connectivity index (χ3v) is 5.72. The van der Waals surface area contributed by atoms with E-state index in [2.05, 4.69) is 9.71 Å². The fourth-order valence-corrected chi connectivity index (χ4v) is 4.31. The van der Waals surface area contributed by atoms with Crippen molar-refractivity contribution in [2.24, 2.45) is 4.40 Å². The maximum atomic E-state index is 13.2. The van der Waals surface area contributed by atoms with Crippen molar-refractivity contribution in [2.45, 2.75) is 4.90 Å². The first-order valence-corrected chi connectivity index (χ1v) is 9.53. The molecule has 0 spiro atoms. The predicted octanol–water partition coefficient (Wildman–Crippen LogP) is 2.92. The number of hydrogen-bond acceptors (Lipinski definition) is 6. The van der Waals surface area contributed by atoms with E-state index in [1.807, 2.05) is 0 Å². The van der Waals surface area contributed by atoms with Crippen molar-refractivity contribution in [2.75, 3.05) is 18.2 Å². The molecule has 0 bridgehead atoms. The summed E-state index contributed by atoms with van der Waals surface area (Å²) in [5.74, 6) is -0.202. The Hall–Kier alpha value is -2.39. The van der Waals surface area contributed by atoms with Crippen molar-refractivity contribution in [1.29, 1.82) is 0 Å². The number of methoxy groups -OCH3 is 1. The first kappa shape index (κ1) is 17.4. The van der Waals surface area contributed by atoms with Crippen LogP contribution in [-0.2, 0) is 10.0 Å². The Kier molecular flexibility index (Phi) is 4.78. The largest absolute Gasteiger partial charge is 0.497 e. The monoisotopic (exact) mass is 380 g/mol. The van der Waals surface area contributed by atoms with Crippen LogP contribution in [0.3, 0.4) is 0 Å². The number of nitrogens with one attached hydrogen (secondary N) is 1. The number of amidine groups is 1. The van der Waals surface area contributed by atoms with Crippen LogP contribution in [0.15, 0.2) is 51.8 Å². The number of halogens is 1. The van der Waals surface area contributed by atoms with E-state index in [0.29, 0.717) is 11.3 Å². The van der Waals surface area contributed by atoms with Crippen LogP contribution in [0.1, 0.15) is 10.4 Å². The van der Waals surface area contributed by atoms with Gasteiger partial charge in [-0.1, -0.05) is 11.8 Å². The highest BCUT2D eigenvalue weighted by Crippen LogP contribution is 2.30. The molecule has 2 aromatic rings. The molecular formula is C16H13FN2O4S2. The summed E-state index contributed by atoms with van der Waals surface area (Å²) in [5.41, 5.74) is 0.714. The lowest BCUT2D eigenvalue weighted by Gasteiger charge is -2.17. The number of nitrogens with zero attached hydrogens (tertiary/aromatic N) is 1. The molecule has 1 heterocycles. The lowest BCUT2D eigenvalue weighted by atomic mass is 10.1. The fourth-order valence-electron chi connectivity index (χ4n) is 2.17. The van der Waals surface area contributed by atoms with Crippen LogP contribution in [0.25, 0.3) is 0 Å². The van der Waals surface area contributed by atoms with Gasteiger partial charge in [-0.25, -0.2) is 4.39 Å². The standard InChI is InChI=1S/C16H13FN2O4S2/c1-23-12-5-2-10(3-6-12)14(20)9-24-16-18-13-7-4-11(17)8-15(13)25(21,22)19-16/h2-8H,9H2,1H3,(H,18,19). The number of thioether (sulfide) groups is 1. The highest BCUT2D eigenvalue weighted by molar-refractivity contribution is 8.15. The molecule has 3 rings (SSSR count). The van der Waals surface area contributed by atoms with Gasteiger partial charge in [0.1, 0.15) is 16.5 Å². The minimum Gasteiger partial charge on any atom is -0.497 e. The number of carbonyl (C=O) groups is 1. The average molecular weight is 380 g/mol. The van der Waals surface area contributed by atoms with Gasteiger partial charge in [-0.3, -0.25) is 4.79 Å². The maximum absolute atomic E-state index is 13.2. The van der Waals surface area contributed by atoms with E-state index < -0.39 is 15.8 Å². The minimum atomic E-state index is -4.00. The molecule has 6 nitrogen and oxygen atoms in total. The molecular weight excluding hydrogens is 367 g/mol. The molecule has 1 N–H and O–H groups in total. The summed E-state index contributed by atoms with van der Waals surface area (Å²) >= 11 is 0.966. The SMILES string of the molecule is COc1ccc(C(=O)CSC2=NS(=O)(=O)c3cc(F)ccc3N2)cc1. The van der Waals surface area contributed by atoms with Crippen molar-refractivity contribution in [3.05, 3.63) is 53.8 Å². The summed E-state index contributed by atoms with van der Waals surface area (Å²) in [6, 6.07) is 9.98. The van der Waals surface area contributed by atoms with Gasteiger partial charge in [-0.15, -0.1) is 4.40 Å². The Morgan fingerprint density at radius 1 is 1.24 bits per heavy atom. The second kappa shape index (κ2) is 6.85. The molecule has 0 radical (unpaired) electrons. The van der Waals surface area contributed by atoms with E-state index in [4.69, 9.17) is 4.74 Å². The van der Waals surface area contributed by atoms with E-state index in [9.17, 15) is 17.6 Å². The van der Waals surface area contributed by atoms with Gasteiger partial charge in [0, 0.05) is 5.56 Å². The third kappa shape index (κ3) is 3.83. The topological polar surface area (TPSA) is 84.8 Å². The molecule has 25 heavy (non-hydrogen) atoms. The number of ether oxygens (including phenoxy) is 1. The highest BCUT2D eigenvalue weighted by atomic mass is 32.2. The molecule has 9 heteroatoms. The zero-order chi connectivity index (χ0) is 18.0. The van der Waals surface area contributed by atoms with Gasteiger partial charge in [-0.2, -0.15) is 8.42 Å². The van der Waals surface area contributed by atoms with E-state index in [-0.39, 0.29) is 27.3 Å². The van der Waals surface area contributed by atoms with E-state index in [1.165, 1.54) is 13.2 Å².